The molecular weight excluding hydrogens is 300 g/mol. The van der Waals surface area contributed by atoms with E-state index in [-0.39, 0.29) is 12.6 Å². The summed E-state index contributed by atoms with van der Waals surface area (Å²) in [6.07, 6.45) is 0. The predicted molar refractivity (Wildman–Crippen MR) is 94.5 cm³/mol. The Kier molecular flexibility index (Phi) is 3.31. The highest BCUT2D eigenvalue weighted by Crippen LogP contribution is 2.45. The lowest BCUT2D eigenvalue weighted by Gasteiger charge is -2.17. The van der Waals surface area contributed by atoms with Gasteiger partial charge in [-0.3, -0.25) is 0 Å². The van der Waals surface area contributed by atoms with Crippen LogP contribution in [0.25, 0.3) is 21.9 Å². The number of rotatable bonds is 2. The van der Waals surface area contributed by atoms with Crippen molar-refractivity contribution < 1.29 is 14.3 Å². The largest absolute Gasteiger partial charge is 0.496 e. The maximum atomic E-state index is 12.4. The lowest BCUT2D eigenvalue weighted by atomic mass is 9.88. The van der Waals surface area contributed by atoms with E-state index in [1.54, 1.807) is 7.11 Å². The van der Waals surface area contributed by atoms with Crippen LogP contribution < -0.4 is 4.74 Å². The first-order valence-corrected chi connectivity index (χ1v) is 7.98. The monoisotopic (exact) mass is 318 g/mol. The van der Waals surface area contributed by atoms with E-state index in [2.05, 4.69) is 26.0 Å². The highest BCUT2D eigenvalue weighted by atomic mass is 16.5. The summed E-state index contributed by atoms with van der Waals surface area (Å²) in [7, 11) is 1.65. The van der Waals surface area contributed by atoms with Gasteiger partial charge in [0, 0.05) is 16.5 Å². The van der Waals surface area contributed by atoms with Crippen molar-refractivity contribution in [1.29, 1.82) is 0 Å². The Labute approximate surface area is 140 Å². The van der Waals surface area contributed by atoms with Crippen molar-refractivity contribution >= 4 is 16.7 Å². The number of hydrogen-bond donors (Lipinski definition) is 0. The van der Waals surface area contributed by atoms with E-state index in [1.807, 2.05) is 30.3 Å². The number of esters is 1. The molecule has 0 saturated carbocycles. The average molecular weight is 318 g/mol. The van der Waals surface area contributed by atoms with Crippen LogP contribution in [-0.2, 0) is 11.3 Å². The maximum Gasteiger partial charge on any atom is 0.339 e. The molecule has 0 unspecified atom stereocenters. The standard InChI is InChI=1S/C21H18O3/c1-12-9-15-16(10-13(12)2)20(23-3)17-11-24-21(22)19(17)18(15)14-7-5-4-6-8-14/h4-10H,11H2,1-3H3. The topological polar surface area (TPSA) is 35.5 Å². The van der Waals surface area contributed by atoms with Crippen molar-refractivity contribution in [1.82, 2.24) is 0 Å². The van der Waals surface area contributed by atoms with Crippen molar-refractivity contribution in [2.24, 2.45) is 0 Å². The summed E-state index contributed by atoms with van der Waals surface area (Å²) in [5.41, 5.74) is 5.82. The van der Waals surface area contributed by atoms with Gasteiger partial charge in [-0.15, -0.1) is 0 Å². The van der Waals surface area contributed by atoms with Crippen LogP contribution in [0.15, 0.2) is 42.5 Å². The summed E-state index contributed by atoms with van der Waals surface area (Å²) in [4.78, 5) is 12.4. The third kappa shape index (κ3) is 2.01. The molecule has 0 radical (unpaired) electrons. The van der Waals surface area contributed by atoms with Gasteiger partial charge in [-0.25, -0.2) is 4.79 Å². The Bertz CT molecular complexity index is 972. The van der Waals surface area contributed by atoms with E-state index in [0.29, 0.717) is 5.56 Å². The van der Waals surface area contributed by atoms with Crippen LogP contribution in [0.3, 0.4) is 0 Å². The third-order valence-electron chi connectivity index (χ3n) is 4.79. The Morgan fingerprint density at radius 3 is 2.29 bits per heavy atom. The van der Waals surface area contributed by atoms with Crippen LogP contribution in [0.5, 0.6) is 5.75 Å². The molecule has 3 aromatic carbocycles. The van der Waals surface area contributed by atoms with Crippen LogP contribution >= 0.6 is 0 Å². The highest BCUT2D eigenvalue weighted by Gasteiger charge is 2.31. The number of aryl methyl sites for hydroxylation is 2. The summed E-state index contributed by atoms with van der Waals surface area (Å²) < 4.78 is 11.0. The minimum Gasteiger partial charge on any atom is -0.496 e. The number of methoxy groups -OCH3 is 1. The number of cyclic esters (lactones) is 1. The summed E-state index contributed by atoms with van der Waals surface area (Å²) in [5, 5.41) is 2.05. The second kappa shape index (κ2) is 5.38. The summed E-state index contributed by atoms with van der Waals surface area (Å²) >= 11 is 0. The Morgan fingerprint density at radius 1 is 0.958 bits per heavy atom. The molecule has 0 aliphatic carbocycles. The summed E-state index contributed by atoms with van der Waals surface area (Å²) in [6, 6.07) is 14.3. The molecule has 0 saturated heterocycles. The number of ether oxygens (including phenoxy) is 2. The van der Waals surface area contributed by atoms with Crippen LogP contribution in [0, 0.1) is 13.8 Å². The average Bonchev–Trinajstić information content (AvgIpc) is 2.96. The molecule has 1 heterocycles. The van der Waals surface area contributed by atoms with Gasteiger partial charge in [0.2, 0.25) is 0 Å². The van der Waals surface area contributed by atoms with Gasteiger partial charge in [-0.2, -0.15) is 0 Å². The first-order chi connectivity index (χ1) is 11.6. The molecule has 0 N–H and O–H groups in total. The third-order valence-corrected chi connectivity index (χ3v) is 4.79. The van der Waals surface area contributed by atoms with Crippen molar-refractivity contribution in [3.05, 3.63) is 64.7 Å². The second-order valence-electron chi connectivity index (χ2n) is 6.19. The zero-order chi connectivity index (χ0) is 16.8. The molecule has 0 spiro atoms. The first-order valence-electron chi connectivity index (χ1n) is 7.98. The lowest BCUT2D eigenvalue weighted by Crippen LogP contribution is -2.01. The molecule has 0 amide bonds. The van der Waals surface area contributed by atoms with E-state index in [4.69, 9.17) is 9.47 Å². The minimum atomic E-state index is -0.276. The van der Waals surface area contributed by atoms with E-state index < -0.39 is 0 Å². The first kappa shape index (κ1) is 14.8. The predicted octanol–water partition coefficient (Wildman–Crippen LogP) is 4.80. The summed E-state index contributed by atoms with van der Waals surface area (Å²) in [6.45, 7) is 4.44. The van der Waals surface area contributed by atoms with Crippen LogP contribution in [0.4, 0.5) is 0 Å². The van der Waals surface area contributed by atoms with Crippen LogP contribution in [0.1, 0.15) is 27.0 Å². The highest BCUT2D eigenvalue weighted by molar-refractivity contribution is 6.13. The number of carbonyl (C=O) groups excluding carboxylic acids is 1. The number of hydrogen-bond acceptors (Lipinski definition) is 3. The van der Waals surface area contributed by atoms with Crippen LogP contribution in [0.2, 0.25) is 0 Å². The smallest absolute Gasteiger partial charge is 0.339 e. The molecule has 3 aromatic rings. The molecule has 120 valence electrons. The van der Waals surface area contributed by atoms with Gasteiger partial charge in [0.15, 0.2) is 0 Å². The Balaban J connectivity index is 2.23. The molecular formula is C21H18O3. The molecule has 0 fully saturated rings. The van der Waals surface area contributed by atoms with Gasteiger partial charge >= 0.3 is 5.97 Å². The Morgan fingerprint density at radius 2 is 1.62 bits per heavy atom. The molecule has 0 bridgehead atoms. The molecule has 0 aromatic heterocycles. The number of carbonyl (C=O) groups is 1. The van der Waals surface area contributed by atoms with Crippen LogP contribution in [-0.4, -0.2) is 13.1 Å². The van der Waals surface area contributed by atoms with E-state index in [0.717, 1.165) is 33.2 Å². The van der Waals surface area contributed by atoms with Crippen molar-refractivity contribution in [3.8, 4) is 16.9 Å². The fraction of sp³-hybridized carbons (Fsp3) is 0.190. The van der Waals surface area contributed by atoms with Gasteiger partial charge in [0.05, 0.1) is 12.7 Å². The molecule has 1 aliphatic rings. The van der Waals surface area contributed by atoms with E-state index in [1.165, 1.54) is 11.1 Å². The normalized spacial score (nSPS) is 13.0. The lowest BCUT2D eigenvalue weighted by molar-refractivity contribution is 0.0535. The zero-order valence-electron chi connectivity index (χ0n) is 14.0. The van der Waals surface area contributed by atoms with Gasteiger partial charge in [-0.1, -0.05) is 36.4 Å². The second-order valence-corrected chi connectivity index (χ2v) is 6.19. The molecule has 1 aliphatic heterocycles. The minimum absolute atomic E-state index is 0.264. The maximum absolute atomic E-state index is 12.4. The van der Waals surface area contributed by atoms with Crippen molar-refractivity contribution in [2.45, 2.75) is 20.5 Å². The van der Waals surface area contributed by atoms with Gasteiger partial charge in [0.1, 0.15) is 12.4 Å². The van der Waals surface area contributed by atoms with Crippen molar-refractivity contribution in [3.63, 3.8) is 0 Å². The van der Waals surface area contributed by atoms with Gasteiger partial charge in [-0.05, 0) is 42.0 Å². The van der Waals surface area contributed by atoms with E-state index in [9.17, 15) is 4.79 Å². The van der Waals surface area contributed by atoms with E-state index >= 15 is 0 Å². The van der Waals surface area contributed by atoms with Gasteiger partial charge < -0.3 is 9.47 Å². The number of benzene rings is 3. The SMILES string of the molecule is COc1c2c(c(-c3ccccc3)c3cc(C)c(C)cc13)C(=O)OC2. The molecule has 3 heteroatoms. The number of fused-ring (bicyclic) bond motifs is 2. The van der Waals surface area contributed by atoms with Gasteiger partial charge in [0.25, 0.3) is 0 Å². The quantitative estimate of drug-likeness (QED) is 0.637. The molecule has 3 nitrogen and oxygen atoms in total. The zero-order valence-corrected chi connectivity index (χ0v) is 14.0. The Hall–Kier alpha value is -2.81. The van der Waals surface area contributed by atoms with Crippen molar-refractivity contribution in [2.75, 3.05) is 7.11 Å². The fourth-order valence-corrected chi connectivity index (χ4v) is 3.48. The molecule has 0 atom stereocenters. The molecule has 24 heavy (non-hydrogen) atoms. The fourth-order valence-electron chi connectivity index (χ4n) is 3.48. The summed E-state index contributed by atoms with van der Waals surface area (Å²) in [5.74, 6) is 0.468. The molecule has 4 rings (SSSR count).